The number of carbonyl (C=O) groups excluding carboxylic acids is 1. The molecule has 2 aromatic heterocycles. The number of aromatic nitrogens is 3. The molecule has 4 aromatic rings. The molecule has 0 bridgehead atoms. The number of rotatable bonds is 6. The van der Waals surface area contributed by atoms with Crippen LogP contribution in [0.25, 0.3) is 11.0 Å². The third-order valence-electron chi connectivity index (χ3n) is 4.51. The number of hydrogen-bond donors (Lipinski definition) is 3. The van der Waals surface area contributed by atoms with Gasteiger partial charge in [0.1, 0.15) is 17.3 Å². The predicted molar refractivity (Wildman–Crippen MR) is 109 cm³/mol. The molecule has 0 fully saturated rings. The van der Waals surface area contributed by atoms with Crippen molar-refractivity contribution in [1.82, 2.24) is 20.4 Å². The number of carbonyl (C=O) groups is 1. The Kier molecular flexibility index (Phi) is 5.15. The van der Waals surface area contributed by atoms with E-state index in [-0.39, 0.29) is 6.04 Å². The summed E-state index contributed by atoms with van der Waals surface area (Å²) >= 11 is 0. The molecule has 3 N–H and O–H groups in total. The smallest absolute Gasteiger partial charge is 0.321 e. The lowest BCUT2D eigenvalue weighted by atomic mass is 10.1. The Bertz CT molecular complexity index is 1080. The zero-order valence-corrected chi connectivity index (χ0v) is 16.1. The molecule has 2 aromatic carbocycles. The highest BCUT2D eigenvalue weighted by Gasteiger charge is 2.20. The summed E-state index contributed by atoms with van der Waals surface area (Å²) < 4.78 is 10.2. The maximum Gasteiger partial charge on any atom is 0.321 e. The standard InChI is InChI=1S/C21H21N5O3/c1-13-11-19(26-29-13)25-21(27)24-18(12-14-7-9-15(28-2)10-8-14)20-22-16-5-3-4-6-17(16)23-20/h3-11,18H,12H2,1-2H3,(H,22,23)(H2,24,25,26,27). The van der Waals surface area contributed by atoms with E-state index in [9.17, 15) is 4.79 Å². The lowest BCUT2D eigenvalue weighted by Crippen LogP contribution is -2.34. The molecule has 0 aliphatic rings. The van der Waals surface area contributed by atoms with Crippen LogP contribution < -0.4 is 15.4 Å². The number of amides is 2. The van der Waals surface area contributed by atoms with Crippen LogP contribution >= 0.6 is 0 Å². The monoisotopic (exact) mass is 391 g/mol. The fraction of sp³-hybridized carbons (Fsp3) is 0.190. The summed E-state index contributed by atoms with van der Waals surface area (Å²) in [4.78, 5) is 20.5. The van der Waals surface area contributed by atoms with Crippen LogP contribution in [0.15, 0.2) is 59.1 Å². The lowest BCUT2D eigenvalue weighted by molar-refractivity contribution is 0.247. The van der Waals surface area contributed by atoms with E-state index in [1.807, 2.05) is 48.5 Å². The fourth-order valence-electron chi connectivity index (χ4n) is 3.09. The molecule has 0 radical (unpaired) electrons. The van der Waals surface area contributed by atoms with Crippen molar-refractivity contribution in [3.8, 4) is 5.75 Å². The van der Waals surface area contributed by atoms with Gasteiger partial charge in [0, 0.05) is 6.07 Å². The number of methoxy groups -OCH3 is 1. The zero-order chi connectivity index (χ0) is 20.2. The van der Waals surface area contributed by atoms with E-state index in [2.05, 4.69) is 25.8 Å². The van der Waals surface area contributed by atoms with E-state index < -0.39 is 6.03 Å². The first-order chi connectivity index (χ1) is 14.1. The van der Waals surface area contributed by atoms with Gasteiger partial charge in [0.25, 0.3) is 0 Å². The van der Waals surface area contributed by atoms with E-state index in [4.69, 9.17) is 9.26 Å². The fourth-order valence-corrected chi connectivity index (χ4v) is 3.09. The number of hydrogen-bond acceptors (Lipinski definition) is 5. The summed E-state index contributed by atoms with van der Waals surface area (Å²) in [7, 11) is 1.63. The summed E-state index contributed by atoms with van der Waals surface area (Å²) in [5, 5.41) is 9.45. The maximum atomic E-state index is 12.5. The molecule has 2 amide bonds. The highest BCUT2D eigenvalue weighted by atomic mass is 16.5. The van der Waals surface area contributed by atoms with Crippen molar-refractivity contribution in [2.75, 3.05) is 12.4 Å². The summed E-state index contributed by atoms with van der Waals surface area (Å²) in [6.45, 7) is 1.76. The molecule has 0 saturated carbocycles. The van der Waals surface area contributed by atoms with Crippen molar-refractivity contribution in [2.45, 2.75) is 19.4 Å². The first kappa shape index (κ1) is 18.5. The molecule has 8 nitrogen and oxygen atoms in total. The van der Waals surface area contributed by atoms with Gasteiger partial charge >= 0.3 is 6.03 Å². The molecule has 2 heterocycles. The number of anilines is 1. The van der Waals surface area contributed by atoms with Gasteiger partial charge in [-0.15, -0.1) is 0 Å². The van der Waals surface area contributed by atoms with Gasteiger partial charge < -0.3 is 19.6 Å². The van der Waals surface area contributed by atoms with E-state index in [0.717, 1.165) is 22.3 Å². The minimum absolute atomic E-state index is 0.354. The maximum absolute atomic E-state index is 12.5. The zero-order valence-electron chi connectivity index (χ0n) is 16.1. The van der Waals surface area contributed by atoms with Crippen LogP contribution in [0.3, 0.4) is 0 Å². The Labute approximate surface area is 167 Å². The van der Waals surface area contributed by atoms with E-state index >= 15 is 0 Å². The van der Waals surface area contributed by atoms with E-state index in [1.165, 1.54) is 0 Å². The Morgan fingerprint density at radius 1 is 1.21 bits per heavy atom. The summed E-state index contributed by atoms with van der Waals surface area (Å²) in [5.74, 6) is 2.43. The molecular weight excluding hydrogens is 370 g/mol. The number of H-pyrrole nitrogens is 1. The minimum Gasteiger partial charge on any atom is -0.497 e. The van der Waals surface area contributed by atoms with Crippen molar-refractivity contribution < 1.29 is 14.1 Å². The number of aromatic amines is 1. The van der Waals surface area contributed by atoms with Crippen molar-refractivity contribution in [3.05, 3.63) is 71.7 Å². The Hall–Kier alpha value is -3.81. The molecule has 0 aliphatic heterocycles. The first-order valence-corrected chi connectivity index (χ1v) is 9.19. The van der Waals surface area contributed by atoms with Crippen molar-refractivity contribution in [2.24, 2.45) is 0 Å². The van der Waals surface area contributed by atoms with Crippen LogP contribution in [0.2, 0.25) is 0 Å². The van der Waals surface area contributed by atoms with Crippen LogP contribution in [0, 0.1) is 6.92 Å². The number of imidazole rings is 1. The summed E-state index contributed by atoms with van der Waals surface area (Å²) in [6, 6.07) is 16.4. The van der Waals surface area contributed by atoms with Crippen LogP contribution in [0.1, 0.15) is 23.2 Å². The SMILES string of the molecule is COc1ccc(CC(NC(=O)Nc2cc(C)on2)c2nc3ccccc3[nH]2)cc1. The quantitative estimate of drug-likeness (QED) is 0.461. The molecule has 8 heteroatoms. The molecule has 0 spiro atoms. The lowest BCUT2D eigenvalue weighted by Gasteiger charge is -2.17. The molecule has 4 rings (SSSR count). The second-order valence-electron chi connectivity index (χ2n) is 6.67. The molecule has 29 heavy (non-hydrogen) atoms. The third kappa shape index (κ3) is 4.37. The van der Waals surface area contributed by atoms with E-state index in [1.54, 1.807) is 20.1 Å². The average Bonchev–Trinajstić information content (AvgIpc) is 3.34. The third-order valence-corrected chi connectivity index (χ3v) is 4.51. The number of benzene rings is 2. The van der Waals surface area contributed by atoms with E-state index in [0.29, 0.717) is 23.8 Å². The number of ether oxygens (including phenoxy) is 1. The van der Waals surface area contributed by atoms with Crippen LogP contribution in [-0.4, -0.2) is 28.3 Å². The number of aryl methyl sites for hydroxylation is 1. The van der Waals surface area contributed by atoms with Gasteiger partial charge in [0.15, 0.2) is 5.82 Å². The number of urea groups is 1. The van der Waals surface area contributed by atoms with Crippen molar-refractivity contribution in [1.29, 1.82) is 0 Å². The van der Waals surface area contributed by atoms with Gasteiger partial charge in [0.2, 0.25) is 0 Å². The normalized spacial score (nSPS) is 11.9. The summed E-state index contributed by atoms with van der Waals surface area (Å²) in [5.41, 5.74) is 2.79. The highest BCUT2D eigenvalue weighted by molar-refractivity contribution is 5.88. The molecule has 0 saturated heterocycles. The van der Waals surface area contributed by atoms with Gasteiger partial charge in [-0.25, -0.2) is 9.78 Å². The number of nitrogens with zero attached hydrogens (tertiary/aromatic N) is 2. The molecule has 1 unspecified atom stereocenters. The van der Waals surface area contributed by atoms with Crippen LogP contribution in [-0.2, 0) is 6.42 Å². The largest absolute Gasteiger partial charge is 0.497 e. The van der Waals surface area contributed by atoms with Gasteiger partial charge in [-0.05, 0) is 43.2 Å². The summed E-state index contributed by atoms with van der Waals surface area (Å²) in [6.07, 6.45) is 0.551. The predicted octanol–water partition coefficient (Wildman–Crippen LogP) is 3.97. The van der Waals surface area contributed by atoms with Crippen LogP contribution in [0.4, 0.5) is 10.6 Å². The Balaban J connectivity index is 1.57. The Morgan fingerprint density at radius 2 is 2.00 bits per heavy atom. The molecular formula is C21H21N5O3. The van der Waals surface area contributed by atoms with Gasteiger partial charge in [-0.3, -0.25) is 5.32 Å². The first-order valence-electron chi connectivity index (χ1n) is 9.19. The molecule has 0 aliphatic carbocycles. The minimum atomic E-state index is -0.391. The molecule has 1 atom stereocenters. The number of nitrogens with one attached hydrogen (secondary N) is 3. The van der Waals surface area contributed by atoms with Crippen molar-refractivity contribution in [3.63, 3.8) is 0 Å². The second-order valence-corrected chi connectivity index (χ2v) is 6.67. The van der Waals surface area contributed by atoms with Crippen LogP contribution in [0.5, 0.6) is 5.75 Å². The van der Waals surface area contributed by atoms with Gasteiger partial charge in [0.05, 0.1) is 24.2 Å². The highest BCUT2D eigenvalue weighted by Crippen LogP contribution is 2.21. The Morgan fingerprint density at radius 3 is 2.69 bits per heavy atom. The van der Waals surface area contributed by atoms with Crippen molar-refractivity contribution >= 4 is 22.9 Å². The second kappa shape index (κ2) is 8.05. The molecule has 148 valence electrons. The van der Waals surface area contributed by atoms with Gasteiger partial charge in [-0.2, -0.15) is 0 Å². The van der Waals surface area contributed by atoms with Gasteiger partial charge in [-0.1, -0.05) is 29.4 Å². The average molecular weight is 391 g/mol. The topological polar surface area (TPSA) is 105 Å². The number of fused-ring (bicyclic) bond motifs is 1. The number of para-hydroxylation sites is 2.